The number of carbonyl (C=O) groups is 1. The third-order valence-electron chi connectivity index (χ3n) is 3.22. The standard InChI is InChI=1S/C13H26N2O3/c1-3-4-7-18-10-12(16)8-14-11-5-6-13(17)15(2)9-11/h11-12,14,16H,3-10H2,1-2H3. The molecule has 0 spiro atoms. The molecule has 1 amide bonds. The molecule has 0 aliphatic carbocycles. The molecule has 0 saturated carbocycles. The van der Waals surface area contributed by atoms with Crippen LogP contribution in [0.1, 0.15) is 32.6 Å². The second-order valence-electron chi connectivity index (χ2n) is 5.00. The fourth-order valence-corrected chi connectivity index (χ4v) is 2.01. The van der Waals surface area contributed by atoms with E-state index in [2.05, 4.69) is 12.2 Å². The van der Waals surface area contributed by atoms with Crippen LogP contribution in [0.15, 0.2) is 0 Å². The van der Waals surface area contributed by atoms with Crippen molar-refractivity contribution in [3.63, 3.8) is 0 Å². The maximum atomic E-state index is 11.3. The second kappa shape index (κ2) is 8.45. The number of nitrogens with zero attached hydrogens (tertiary/aromatic N) is 1. The Morgan fingerprint density at radius 3 is 3.06 bits per heavy atom. The van der Waals surface area contributed by atoms with E-state index in [4.69, 9.17) is 4.74 Å². The fourth-order valence-electron chi connectivity index (χ4n) is 2.01. The first-order valence-electron chi connectivity index (χ1n) is 6.86. The van der Waals surface area contributed by atoms with Crippen LogP contribution in [0.25, 0.3) is 0 Å². The van der Waals surface area contributed by atoms with Crippen LogP contribution in [-0.4, -0.2) is 61.4 Å². The Morgan fingerprint density at radius 1 is 1.61 bits per heavy atom. The molecule has 0 bridgehead atoms. The molecule has 1 heterocycles. The highest BCUT2D eigenvalue weighted by Crippen LogP contribution is 2.09. The van der Waals surface area contributed by atoms with Crippen LogP contribution >= 0.6 is 0 Å². The predicted octanol–water partition coefficient (Wildman–Crippen LogP) is 0.374. The van der Waals surface area contributed by atoms with Gasteiger partial charge in [-0.1, -0.05) is 13.3 Å². The minimum atomic E-state index is -0.468. The van der Waals surface area contributed by atoms with Gasteiger partial charge in [-0.2, -0.15) is 0 Å². The summed E-state index contributed by atoms with van der Waals surface area (Å²) in [6.45, 7) is 4.46. The molecule has 0 aromatic carbocycles. The molecule has 106 valence electrons. The molecule has 2 atom stereocenters. The number of rotatable bonds is 8. The number of likely N-dealkylation sites (N-methyl/N-ethyl adjacent to an activating group) is 1. The average Bonchev–Trinajstić information content (AvgIpc) is 2.36. The fraction of sp³-hybridized carbons (Fsp3) is 0.923. The van der Waals surface area contributed by atoms with Crippen LogP contribution in [0.5, 0.6) is 0 Å². The van der Waals surface area contributed by atoms with Crippen molar-refractivity contribution in [3.8, 4) is 0 Å². The molecule has 5 heteroatoms. The van der Waals surface area contributed by atoms with E-state index in [-0.39, 0.29) is 11.9 Å². The molecule has 1 aliphatic rings. The van der Waals surface area contributed by atoms with Crippen LogP contribution < -0.4 is 5.32 Å². The summed E-state index contributed by atoms with van der Waals surface area (Å²) in [7, 11) is 1.82. The Bertz CT molecular complexity index is 248. The molecule has 1 aliphatic heterocycles. The van der Waals surface area contributed by atoms with Gasteiger partial charge in [0.15, 0.2) is 0 Å². The van der Waals surface area contributed by atoms with Gasteiger partial charge in [0.25, 0.3) is 0 Å². The van der Waals surface area contributed by atoms with Crippen LogP contribution in [0.2, 0.25) is 0 Å². The van der Waals surface area contributed by atoms with Crippen LogP contribution in [0, 0.1) is 0 Å². The molecule has 2 N–H and O–H groups in total. The van der Waals surface area contributed by atoms with Crippen molar-refractivity contribution in [1.82, 2.24) is 10.2 Å². The molecule has 1 saturated heterocycles. The van der Waals surface area contributed by atoms with Gasteiger partial charge in [-0.15, -0.1) is 0 Å². The number of hydrogen-bond acceptors (Lipinski definition) is 4. The summed E-state index contributed by atoms with van der Waals surface area (Å²) in [5, 5.41) is 13.0. The lowest BCUT2D eigenvalue weighted by Gasteiger charge is -2.30. The first kappa shape index (κ1) is 15.4. The van der Waals surface area contributed by atoms with E-state index in [1.165, 1.54) is 0 Å². The monoisotopic (exact) mass is 258 g/mol. The molecular weight excluding hydrogens is 232 g/mol. The smallest absolute Gasteiger partial charge is 0.222 e. The Labute approximate surface area is 109 Å². The van der Waals surface area contributed by atoms with Gasteiger partial charge in [-0.25, -0.2) is 0 Å². The minimum absolute atomic E-state index is 0.205. The zero-order valence-corrected chi connectivity index (χ0v) is 11.5. The summed E-state index contributed by atoms with van der Waals surface area (Å²) >= 11 is 0. The molecule has 2 unspecified atom stereocenters. The van der Waals surface area contributed by atoms with E-state index in [1.807, 2.05) is 7.05 Å². The molecule has 1 fully saturated rings. The topological polar surface area (TPSA) is 61.8 Å². The number of amides is 1. The summed E-state index contributed by atoms with van der Waals surface area (Å²) in [6, 6.07) is 0.290. The Hall–Kier alpha value is -0.650. The molecule has 18 heavy (non-hydrogen) atoms. The quantitative estimate of drug-likeness (QED) is 0.618. The molecule has 1 rings (SSSR count). The van der Waals surface area contributed by atoms with E-state index in [9.17, 15) is 9.90 Å². The highest BCUT2D eigenvalue weighted by Gasteiger charge is 2.22. The van der Waals surface area contributed by atoms with Gasteiger partial charge in [-0.05, 0) is 12.8 Å². The number of unbranched alkanes of at least 4 members (excludes halogenated alkanes) is 1. The largest absolute Gasteiger partial charge is 0.389 e. The van der Waals surface area contributed by atoms with Gasteiger partial charge in [0.1, 0.15) is 0 Å². The van der Waals surface area contributed by atoms with Crippen LogP contribution in [-0.2, 0) is 9.53 Å². The van der Waals surface area contributed by atoms with Crippen molar-refractivity contribution in [3.05, 3.63) is 0 Å². The van der Waals surface area contributed by atoms with Crippen molar-refractivity contribution < 1.29 is 14.6 Å². The van der Waals surface area contributed by atoms with Crippen molar-refractivity contribution in [2.45, 2.75) is 44.8 Å². The number of nitrogens with one attached hydrogen (secondary N) is 1. The van der Waals surface area contributed by atoms with E-state index < -0.39 is 6.10 Å². The van der Waals surface area contributed by atoms with Crippen molar-refractivity contribution in [2.75, 3.05) is 33.4 Å². The molecular formula is C13H26N2O3. The Balaban J connectivity index is 2.07. The third kappa shape index (κ3) is 5.80. The van der Waals surface area contributed by atoms with Gasteiger partial charge < -0.3 is 20.1 Å². The lowest BCUT2D eigenvalue weighted by Crippen LogP contribution is -2.48. The maximum Gasteiger partial charge on any atom is 0.222 e. The van der Waals surface area contributed by atoms with Crippen molar-refractivity contribution in [1.29, 1.82) is 0 Å². The molecule has 5 nitrogen and oxygen atoms in total. The number of aliphatic hydroxyl groups is 1. The highest BCUT2D eigenvalue weighted by molar-refractivity contribution is 5.76. The van der Waals surface area contributed by atoms with Gasteiger partial charge >= 0.3 is 0 Å². The summed E-state index contributed by atoms with van der Waals surface area (Å²) in [5.41, 5.74) is 0. The zero-order chi connectivity index (χ0) is 13.4. The molecule has 0 aromatic rings. The van der Waals surface area contributed by atoms with E-state index >= 15 is 0 Å². The molecule has 0 aromatic heterocycles. The molecule has 0 radical (unpaired) electrons. The predicted molar refractivity (Wildman–Crippen MR) is 70.4 cm³/mol. The SMILES string of the molecule is CCCCOCC(O)CNC1CCC(=O)N(C)C1. The normalized spacial score (nSPS) is 22.3. The first-order valence-corrected chi connectivity index (χ1v) is 6.86. The average molecular weight is 258 g/mol. The minimum Gasteiger partial charge on any atom is -0.389 e. The lowest BCUT2D eigenvalue weighted by atomic mass is 10.1. The number of carbonyl (C=O) groups excluding carboxylic acids is 1. The van der Waals surface area contributed by atoms with Crippen molar-refractivity contribution in [2.24, 2.45) is 0 Å². The van der Waals surface area contributed by atoms with Gasteiger partial charge in [-0.3, -0.25) is 4.79 Å². The number of ether oxygens (including phenoxy) is 1. The van der Waals surface area contributed by atoms with Gasteiger partial charge in [0, 0.05) is 39.2 Å². The Kier molecular flexibility index (Phi) is 7.23. The summed E-state index contributed by atoms with van der Waals surface area (Å²) in [5.74, 6) is 0.205. The van der Waals surface area contributed by atoms with Crippen LogP contribution in [0.3, 0.4) is 0 Å². The van der Waals surface area contributed by atoms with Crippen LogP contribution in [0.4, 0.5) is 0 Å². The summed E-state index contributed by atoms with van der Waals surface area (Å²) in [4.78, 5) is 13.1. The van der Waals surface area contributed by atoms with Crippen molar-refractivity contribution >= 4 is 5.91 Å². The van der Waals surface area contributed by atoms with E-state index in [0.717, 1.165) is 25.8 Å². The van der Waals surface area contributed by atoms with Gasteiger partial charge in [0.05, 0.1) is 12.7 Å². The number of aliphatic hydroxyl groups excluding tert-OH is 1. The van der Waals surface area contributed by atoms with E-state index in [1.54, 1.807) is 4.90 Å². The van der Waals surface area contributed by atoms with Gasteiger partial charge in [0.2, 0.25) is 5.91 Å². The summed E-state index contributed by atoms with van der Waals surface area (Å²) in [6.07, 6.45) is 3.13. The highest BCUT2D eigenvalue weighted by atomic mass is 16.5. The summed E-state index contributed by atoms with van der Waals surface area (Å²) < 4.78 is 5.36. The second-order valence-corrected chi connectivity index (χ2v) is 5.00. The number of hydrogen-bond donors (Lipinski definition) is 2. The third-order valence-corrected chi connectivity index (χ3v) is 3.22. The van der Waals surface area contributed by atoms with E-state index in [0.29, 0.717) is 26.2 Å². The number of piperidine rings is 1. The lowest BCUT2D eigenvalue weighted by molar-refractivity contribution is -0.132. The maximum absolute atomic E-state index is 11.3. The zero-order valence-electron chi connectivity index (χ0n) is 11.5. The Morgan fingerprint density at radius 2 is 2.39 bits per heavy atom. The first-order chi connectivity index (χ1) is 8.63. The number of likely N-dealkylation sites (tertiary alicyclic amines) is 1.